The standard InChI is InChI=1S/C11H22N2O3S/c1-3-4-12-11-13-5-9(17-11)8(6-14)10(16)7(2)15/h7-10,14-16H,3-6H2,1-2H3,(H,12,13)/t7-,8+,9?,10+/m1/s1. The second-order valence-corrected chi connectivity index (χ2v) is 5.53. The van der Waals surface area contributed by atoms with Crippen molar-refractivity contribution in [2.24, 2.45) is 10.9 Å². The molecule has 0 spiro atoms. The molecule has 1 unspecified atom stereocenters. The third kappa shape index (κ3) is 4.13. The van der Waals surface area contributed by atoms with Gasteiger partial charge < -0.3 is 20.6 Å². The van der Waals surface area contributed by atoms with E-state index >= 15 is 0 Å². The number of nitrogens with one attached hydrogen (secondary N) is 1. The van der Waals surface area contributed by atoms with E-state index in [0.29, 0.717) is 6.54 Å². The van der Waals surface area contributed by atoms with Crippen LogP contribution in [0.25, 0.3) is 0 Å². The summed E-state index contributed by atoms with van der Waals surface area (Å²) in [6.07, 6.45) is -0.706. The fourth-order valence-corrected chi connectivity index (χ4v) is 2.94. The molecule has 0 saturated carbocycles. The van der Waals surface area contributed by atoms with E-state index in [4.69, 9.17) is 0 Å². The number of aliphatic hydroxyl groups excluding tert-OH is 3. The topological polar surface area (TPSA) is 85.1 Å². The van der Waals surface area contributed by atoms with Crippen molar-refractivity contribution in [3.05, 3.63) is 0 Å². The van der Waals surface area contributed by atoms with Crippen molar-refractivity contribution in [2.45, 2.75) is 37.7 Å². The molecule has 17 heavy (non-hydrogen) atoms. The van der Waals surface area contributed by atoms with E-state index in [2.05, 4.69) is 17.2 Å². The van der Waals surface area contributed by atoms with E-state index in [9.17, 15) is 15.3 Å². The number of amidine groups is 1. The molecule has 0 fully saturated rings. The Bertz CT molecular complexity index is 261. The molecule has 1 aliphatic rings. The SMILES string of the molecule is CCCNC1=NCC([C@H](CO)[C@@H](O)[C@@H](C)O)S1. The number of hydrogen-bond acceptors (Lipinski definition) is 6. The smallest absolute Gasteiger partial charge is 0.156 e. The summed E-state index contributed by atoms with van der Waals surface area (Å²) in [5.74, 6) is -0.343. The van der Waals surface area contributed by atoms with Gasteiger partial charge in [-0.15, -0.1) is 0 Å². The van der Waals surface area contributed by atoms with Gasteiger partial charge in [0.2, 0.25) is 0 Å². The Morgan fingerprint density at radius 2 is 2.24 bits per heavy atom. The summed E-state index contributed by atoms with van der Waals surface area (Å²) < 4.78 is 0. The molecule has 0 aromatic carbocycles. The van der Waals surface area contributed by atoms with Crippen molar-refractivity contribution in [3.63, 3.8) is 0 Å². The van der Waals surface area contributed by atoms with Gasteiger partial charge in [0.15, 0.2) is 5.17 Å². The van der Waals surface area contributed by atoms with Crippen molar-refractivity contribution >= 4 is 16.9 Å². The largest absolute Gasteiger partial charge is 0.396 e. The molecule has 1 rings (SSSR count). The molecule has 1 heterocycles. The maximum absolute atomic E-state index is 9.81. The summed E-state index contributed by atoms with van der Waals surface area (Å²) in [5.41, 5.74) is 0. The highest BCUT2D eigenvalue weighted by atomic mass is 32.2. The average Bonchev–Trinajstić information content (AvgIpc) is 2.75. The van der Waals surface area contributed by atoms with Gasteiger partial charge in [-0.3, -0.25) is 4.99 Å². The molecular formula is C11H22N2O3S. The minimum atomic E-state index is -0.904. The zero-order valence-electron chi connectivity index (χ0n) is 10.3. The van der Waals surface area contributed by atoms with Crippen LogP contribution in [0.2, 0.25) is 0 Å². The summed E-state index contributed by atoms with van der Waals surface area (Å²) in [4.78, 5) is 4.33. The van der Waals surface area contributed by atoms with Crippen LogP contribution >= 0.6 is 11.8 Å². The van der Waals surface area contributed by atoms with Gasteiger partial charge in [0.1, 0.15) is 0 Å². The minimum absolute atomic E-state index is 0.0314. The van der Waals surface area contributed by atoms with Gasteiger partial charge in [-0.05, 0) is 13.3 Å². The Kier molecular flexibility index (Phi) is 6.26. The van der Waals surface area contributed by atoms with E-state index in [1.807, 2.05) is 0 Å². The third-order valence-electron chi connectivity index (χ3n) is 2.83. The highest BCUT2D eigenvalue weighted by molar-refractivity contribution is 8.14. The summed E-state index contributed by atoms with van der Waals surface area (Å²) in [6, 6.07) is 0. The molecule has 0 saturated heterocycles. The number of rotatable bonds is 6. The van der Waals surface area contributed by atoms with Gasteiger partial charge in [0.05, 0.1) is 18.8 Å². The second-order valence-electron chi connectivity index (χ2n) is 4.31. The summed E-state index contributed by atoms with van der Waals surface area (Å²) in [6.45, 7) is 4.93. The summed E-state index contributed by atoms with van der Waals surface area (Å²) in [7, 11) is 0. The highest BCUT2D eigenvalue weighted by Crippen LogP contribution is 2.29. The number of aliphatic hydroxyl groups is 3. The van der Waals surface area contributed by atoms with E-state index in [1.54, 1.807) is 0 Å². The molecule has 0 aromatic rings. The van der Waals surface area contributed by atoms with Crippen molar-refractivity contribution in [3.8, 4) is 0 Å². The van der Waals surface area contributed by atoms with Crippen LogP contribution in [0.5, 0.6) is 0 Å². The molecule has 0 aliphatic carbocycles. The predicted octanol–water partition coefficient (Wildman–Crippen LogP) is -0.192. The van der Waals surface area contributed by atoms with Gasteiger partial charge in [-0.1, -0.05) is 18.7 Å². The van der Waals surface area contributed by atoms with Crippen molar-refractivity contribution in [1.29, 1.82) is 0 Å². The number of aliphatic imine (C=N–C) groups is 1. The van der Waals surface area contributed by atoms with Gasteiger partial charge >= 0.3 is 0 Å². The van der Waals surface area contributed by atoms with Crippen LogP contribution in [-0.2, 0) is 0 Å². The maximum atomic E-state index is 9.81. The molecule has 4 N–H and O–H groups in total. The normalized spacial score (nSPS) is 25.2. The molecular weight excluding hydrogens is 240 g/mol. The van der Waals surface area contributed by atoms with Crippen LogP contribution in [0.3, 0.4) is 0 Å². The van der Waals surface area contributed by atoms with Crippen LogP contribution in [0.1, 0.15) is 20.3 Å². The number of nitrogens with zero attached hydrogens (tertiary/aromatic N) is 1. The van der Waals surface area contributed by atoms with Crippen LogP contribution < -0.4 is 5.32 Å². The molecule has 4 atom stereocenters. The fourth-order valence-electron chi connectivity index (χ4n) is 1.75. The monoisotopic (exact) mass is 262 g/mol. The quantitative estimate of drug-likeness (QED) is 0.533. The van der Waals surface area contributed by atoms with Gasteiger partial charge in [0.25, 0.3) is 0 Å². The van der Waals surface area contributed by atoms with Gasteiger partial charge in [-0.25, -0.2) is 0 Å². The third-order valence-corrected chi connectivity index (χ3v) is 4.12. The summed E-state index contributed by atoms with van der Waals surface area (Å²) in [5, 5.41) is 32.6. The Balaban J connectivity index is 2.47. The van der Waals surface area contributed by atoms with E-state index in [-0.39, 0.29) is 17.8 Å². The predicted molar refractivity (Wildman–Crippen MR) is 70.2 cm³/mol. The molecule has 5 nitrogen and oxygen atoms in total. The van der Waals surface area contributed by atoms with Crippen LogP contribution in [-0.4, -0.2) is 57.6 Å². The molecule has 0 aromatic heterocycles. The Morgan fingerprint density at radius 3 is 2.76 bits per heavy atom. The first-order valence-corrected chi connectivity index (χ1v) is 6.90. The molecule has 0 amide bonds. The fraction of sp³-hybridized carbons (Fsp3) is 0.909. The van der Waals surface area contributed by atoms with Crippen LogP contribution in [0, 0.1) is 5.92 Å². The lowest BCUT2D eigenvalue weighted by Crippen LogP contribution is -2.40. The first-order valence-electron chi connectivity index (χ1n) is 6.02. The minimum Gasteiger partial charge on any atom is -0.396 e. The first-order chi connectivity index (χ1) is 8.10. The highest BCUT2D eigenvalue weighted by Gasteiger charge is 2.34. The number of hydrogen-bond donors (Lipinski definition) is 4. The van der Waals surface area contributed by atoms with Gasteiger partial charge in [-0.2, -0.15) is 0 Å². The number of thioether (sulfide) groups is 1. The Hall–Kier alpha value is -0.300. The Labute approximate surface area is 106 Å². The van der Waals surface area contributed by atoms with E-state index in [0.717, 1.165) is 18.1 Å². The molecule has 6 heteroatoms. The molecule has 1 aliphatic heterocycles. The van der Waals surface area contributed by atoms with Crippen LogP contribution in [0.4, 0.5) is 0 Å². The lowest BCUT2D eigenvalue weighted by Gasteiger charge is -2.27. The average molecular weight is 262 g/mol. The lowest BCUT2D eigenvalue weighted by molar-refractivity contribution is -0.0229. The second kappa shape index (κ2) is 7.20. The van der Waals surface area contributed by atoms with Crippen LogP contribution in [0.15, 0.2) is 4.99 Å². The zero-order chi connectivity index (χ0) is 12.8. The van der Waals surface area contributed by atoms with E-state index in [1.165, 1.54) is 18.7 Å². The van der Waals surface area contributed by atoms with Crippen molar-refractivity contribution in [1.82, 2.24) is 5.32 Å². The van der Waals surface area contributed by atoms with Gasteiger partial charge in [0, 0.05) is 24.3 Å². The van der Waals surface area contributed by atoms with E-state index < -0.39 is 12.2 Å². The molecule has 0 radical (unpaired) electrons. The maximum Gasteiger partial charge on any atom is 0.156 e. The summed E-state index contributed by atoms with van der Waals surface area (Å²) >= 11 is 1.54. The zero-order valence-corrected chi connectivity index (χ0v) is 11.2. The van der Waals surface area contributed by atoms with Crippen molar-refractivity contribution < 1.29 is 15.3 Å². The molecule has 0 bridgehead atoms. The lowest BCUT2D eigenvalue weighted by atomic mass is 9.95. The van der Waals surface area contributed by atoms with Crippen molar-refractivity contribution in [2.75, 3.05) is 19.7 Å². The molecule has 100 valence electrons. The first kappa shape index (κ1) is 14.8. The Morgan fingerprint density at radius 1 is 1.53 bits per heavy atom.